The molecule has 19 heavy (non-hydrogen) atoms. The highest BCUT2D eigenvalue weighted by Crippen LogP contribution is 2.29. The van der Waals surface area contributed by atoms with Gasteiger partial charge >= 0.3 is 0 Å². The van der Waals surface area contributed by atoms with E-state index in [2.05, 4.69) is 16.8 Å². The van der Waals surface area contributed by atoms with Crippen molar-refractivity contribution in [3.63, 3.8) is 0 Å². The van der Waals surface area contributed by atoms with Crippen molar-refractivity contribution in [3.8, 4) is 11.8 Å². The second kappa shape index (κ2) is 5.02. The van der Waals surface area contributed by atoms with E-state index >= 15 is 0 Å². The molecule has 2 heterocycles. The molecule has 5 heteroatoms. The van der Waals surface area contributed by atoms with Crippen molar-refractivity contribution < 1.29 is 19.7 Å². The Morgan fingerprint density at radius 3 is 2.68 bits per heavy atom. The summed E-state index contributed by atoms with van der Waals surface area (Å²) in [5.74, 6) is 5.99. The highest BCUT2D eigenvalue weighted by molar-refractivity contribution is 5.95. The van der Waals surface area contributed by atoms with Crippen molar-refractivity contribution in [3.05, 3.63) is 35.9 Å². The zero-order valence-electron chi connectivity index (χ0n) is 10.1. The third kappa shape index (κ3) is 2.34. The maximum absolute atomic E-state index is 9.83. The van der Waals surface area contributed by atoms with Crippen LogP contribution < -0.4 is 0 Å². The Morgan fingerprint density at radius 1 is 1.21 bits per heavy atom. The van der Waals surface area contributed by atoms with Gasteiger partial charge in [-0.15, -0.1) is 0 Å². The van der Waals surface area contributed by atoms with Crippen LogP contribution in [0.15, 0.2) is 35.3 Å². The topological polar surface area (TPSA) is 71.3 Å². The van der Waals surface area contributed by atoms with Crippen LogP contribution in [0.25, 0.3) is 0 Å². The molecular weight excluding hydrogens is 246 g/mol. The van der Waals surface area contributed by atoms with Crippen molar-refractivity contribution in [2.75, 3.05) is 6.61 Å². The first-order chi connectivity index (χ1) is 9.28. The van der Waals surface area contributed by atoms with Crippen molar-refractivity contribution in [2.45, 2.75) is 24.5 Å². The van der Waals surface area contributed by atoms with Crippen molar-refractivity contribution in [1.82, 2.24) is 0 Å². The molecule has 2 aliphatic rings. The van der Waals surface area contributed by atoms with Gasteiger partial charge < -0.3 is 19.7 Å². The number of fused-ring (bicyclic) bond motifs is 1. The highest BCUT2D eigenvalue weighted by Gasteiger charge is 2.48. The van der Waals surface area contributed by atoms with Gasteiger partial charge in [-0.2, -0.15) is 0 Å². The average molecular weight is 259 g/mol. The molecule has 2 aliphatic heterocycles. The Morgan fingerprint density at radius 2 is 2.00 bits per heavy atom. The van der Waals surface area contributed by atoms with Crippen LogP contribution >= 0.6 is 0 Å². The molecule has 1 aromatic carbocycles. The normalized spacial score (nSPS) is 32.0. The summed E-state index contributed by atoms with van der Waals surface area (Å²) in [7, 11) is 0. The first kappa shape index (κ1) is 12.2. The van der Waals surface area contributed by atoms with Crippen LogP contribution in [0, 0.1) is 11.8 Å². The summed E-state index contributed by atoms with van der Waals surface area (Å²) in [6.45, 7) is -0.252. The fourth-order valence-corrected chi connectivity index (χ4v) is 2.08. The summed E-state index contributed by atoms with van der Waals surface area (Å²) in [5, 5.41) is 18.8. The molecule has 4 atom stereocenters. The van der Waals surface area contributed by atoms with E-state index in [1.165, 1.54) is 0 Å². The van der Waals surface area contributed by atoms with E-state index in [-0.39, 0.29) is 12.5 Å². The Bertz CT molecular complexity index is 546. The van der Waals surface area contributed by atoms with Gasteiger partial charge in [0.15, 0.2) is 12.3 Å². The molecule has 2 N–H and O–H groups in total. The Labute approximate surface area is 110 Å². The molecule has 0 bridgehead atoms. The average Bonchev–Trinajstić information content (AvgIpc) is 2.97. The molecule has 0 aliphatic carbocycles. The molecule has 0 aromatic heterocycles. The van der Waals surface area contributed by atoms with Crippen LogP contribution in [0.4, 0.5) is 0 Å². The standard InChI is InChI=1S/C14H13NO4/c16-8-10-12(17)13-14(18-10)15-11(19-13)7-6-9-4-2-1-3-5-9/h1-5,10,12-14,16-17H,8H2/t10-,12-,13-,14+/m1/s1. The van der Waals surface area contributed by atoms with Crippen LogP contribution in [0.3, 0.4) is 0 Å². The van der Waals surface area contributed by atoms with Gasteiger partial charge in [-0.1, -0.05) is 24.1 Å². The van der Waals surface area contributed by atoms with Gasteiger partial charge in [0, 0.05) is 5.56 Å². The van der Waals surface area contributed by atoms with Crippen molar-refractivity contribution in [1.29, 1.82) is 0 Å². The summed E-state index contributed by atoms with van der Waals surface area (Å²) in [6, 6.07) is 9.48. The minimum atomic E-state index is -0.880. The maximum Gasteiger partial charge on any atom is 0.266 e. The minimum absolute atomic E-state index is 0.252. The van der Waals surface area contributed by atoms with E-state index in [4.69, 9.17) is 14.6 Å². The minimum Gasteiger partial charge on any atom is -0.460 e. The van der Waals surface area contributed by atoms with Crippen molar-refractivity contribution in [2.24, 2.45) is 4.99 Å². The lowest BCUT2D eigenvalue weighted by Crippen LogP contribution is -2.34. The zero-order valence-corrected chi connectivity index (χ0v) is 10.1. The SMILES string of the molecule is OC[C@H]1O[C@@H]2N=C(C#Cc3ccccc3)O[C@@H]2[C@@H]1O. The van der Waals surface area contributed by atoms with Crippen LogP contribution in [0.2, 0.25) is 0 Å². The third-order valence-electron chi connectivity index (χ3n) is 3.07. The summed E-state index contributed by atoms with van der Waals surface area (Å²) in [6.07, 6.45) is -2.67. The second-order valence-electron chi connectivity index (χ2n) is 4.37. The first-order valence-electron chi connectivity index (χ1n) is 6.04. The predicted molar refractivity (Wildman–Crippen MR) is 67.4 cm³/mol. The lowest BCUT2D eigenvalue weighted by atomic mass is 10.1. The Hall–Kier alpha value is -1.87. The van der Waals surface area contributed by atoms with Gasteiger partial charge in [0.25, 0.3) is 5.90 Å². The Balaban J connectivity index is 1.72. The van der Waals surface area contributed by atoms with E-state index < -0.39 is 24.5 Å². The fraction of sp³-hybridized carbons (Fsp3) is 0.357. The van der Waals surface area contributed by atoms with Gasteiger partial charge in [-0.05, 0) is 18.1 Å². The number of hydrogen-bond donors (Lipinski definition) is 2. The van der Waals surface area contributed by atoms with Gasteiger partial charge in [-0.3, -0.25) is 0 Å². The molecular formula is C14H13NO4. The van der Waals surface area contributed by atoms with E-state index in [1.807, 2.05) is 30.3 Å². The molecule has 0 amide bonds. The number of nitrogens with zero attached hydrogens (tertiary/aromatic N) is 1. The lowest BCUT2D eigenvalue weighted by molar-refractivity contribution is -0.0204. The lowest BCUT2D eigenvalue weighted by Gasteiger charge is -2.13. The zero-order chi connectivity index (χ0) is 13.2. The highest BCUT2D eigenvalue weighted by atomic mass is 16.6. The smallest absolute Gasteiger partial charge is 0.266 e. The molecule has 1 fully saturated rings. The van der Waals surface area contributed by atoms with Crippen LogP contribution in [-0.2, 0) is 9.47 Å². The monoisotopic (exact) mass is 259 g/mol. The third-order valence-corrected chi connectivity index (χ3v) is 3.07. The van der Waals surface area contributed by atoms with Gasteiger partial charge in [-0.25, -0.2) is 4.99 Å². The van der Waals surface area contributed by atoms with Gasteiger partial charge in [0.05, 0.1) is 6.61 Å². The fourth-order valence-electron chi connectivity index (χ4n) is 2.08. The maximum atomic E-state index is 9.83. The summed E-state index contributed by atoms with van der Waals surface area (Å²) in [4.78, 5) is 4.14. The van der Waals surface area contributed by atoms with Gasteiger partial charge in [0.1, 0.15) is 12.2 Å². The van der Waals surface area contributed by atoms with Crippen LogP contribution in [0.1, 0.15) is 5.56 Å². The van der Waals surface area contributed by atoms with Crippen LogP contribution in [0.5, 0.6) is 0 Å². The molecule has 3 rings (SSSR count). The molecule has 0 saturated carbocycles. The Kier molecular flexibility index (Phi) is 3.22. The molecule has 1 aromatic rings. The number of rotatable bonds is 1. The summed E-state index contributed by atoms with van der Waals surface area (Å²) < 4.78 is 10.8. The summed E-state index contributed by atoms with van der Waals surface area (Å²) in [5.41, 5.74) is 0.862. The molecule has 0 spiro atoms. The molecule has 5 nitrogen and oxygen atoms in total. The van der Waals surface area contributed by atoms with Gasteiger partial charge in [0.2, 0.25) is 0 Å². The number of aliphatic imine (C=N–C) groups is 1. The number of aliphatic hydroxyl groups excluding tert-OH is 2. The van der Waals surface area contributed by atoms with E-state index in [9.17, 15) is 5.11 Å². The van der Waals surface area contributed by atoms with Crippen molar-refractivity contribution >= 4 is 5.90 Å². The second-order valence-corrected chi connectivity index (χ2v) is 4.37. The summed E-state index contributed by atoms with van der Waals surface area (Å²) >= 11 is 0. The van der Waals surface area contributed by atoms with Crippen LogP contribution in [-0.4, -0.2) is 47.3 Å². The van der Waals surface area contributed by atoms with E-state index in [1.54, 1.807) is 0 Å². The first-order valence-corrected chi connectivity index (χ1v) is 6.04. The molecule has 1 saturated heterocycles. The largest absolute Gasteiger partial charge is 0.460 e. The molecule has 0 unspecified atom stereocenters. The number of aliphatic hydroxyl groups is 2. The molecule has 98 valence electrons. The quantitative estimate of drug-likeness (QED) is 0.692. The van der Waals surface area contributed by atoms with E-state index in [0.29, 0.717) is 0 Å². The molecule has 0 radical (unpaired) electrons. The number of ether oxygens (including phenoxy) is 2. The number of hydrogen-bond acceptors (Lipinski definition) is 5. The van der Waals surface area contributed by atoms with E-state index in [0.717, 1.165) is 5.56 Å². The number of benzene rings is 1. The predicted octanol–water partition coefficient (Wildman–Crippen LogP) is -0.0865.